The number of carbonyl (C=O) groups is 2. The van der Waals surface area contributed by atoms with Gasteiger partial charge in [-0.3, -0.25) is 4.79 Å². The number of thioether (sulfide) groups is 1. The first-order chi connectivity index (χ1) is 15.0. The Bertz CT molecular complexity index is 1080. The zero-order valence-electron chi connectivity index (χ0n) is 17.2. The van der Waals surface area contributed by atoms with Crippen molar-refractivity contribution in [3.05, 3.63) is 76.7 Å². The second kappa shape index (κ2) is 8.93. The molecule has 1 amide bonds. The van der Waals surface area contributed by atoms with Gasteiger partial charge in [0.05, 0.1) is 30.0 Å². The van der Waals surface area contributed by atoms with Crippen LogP contribution in [0.25, 0.3) is 0 Å². The Hall–Kier alpha value is -3.13. The molecule has 1 saturated heterocycles. The largest absolute Gasteiger partial charge is 0.466 e. The Morgan fingerprint density at radius 3 is 2.65 bits per heavy atom. The fraction of sp³-hybridized carbons (Fsp3) is 0.261. The number of halogens is 1. The molecule has 1 atom stereocenters. The molecular weight excluding hydrogens is 417 g/mol. The number of anilines is 1. The summed E-state index contributed by atoms with van der Waals surface area (Å²) in [5.41, 5.74) is 2.57. The van der Waals surface area contributed by atoms with Gasteiger partial charge in [-0.15, -0.1) is 0 Å². The summed E-state index contributed by atoms with van der Waals surface area (Å²) in [4.78, 5) is 31.7. The fourth-order valence-electron chi connectivity index (χ4n) is 3.78. The molecular formula is C23H22FN3O3S. The lowest BCUT2D eigenvalue weighted by Crippen LogP contribution is -2.42. The summed E-state index contributed by atoms with van der Waals surface area (Å²) in [6.45, 7) is 2.61. The molecule has 0 saturated carbocycles. The number of allylic oxidation sites excluding steroid dienone is 1. The van der Waals surface area contributed by atoms with Crippen molar-refractivity contribution in [1.29, 1.82) is 0 Å². The van der Waals surface area contributed by atoms with Gasteiger partial charge in [0.25, 0.3) is 5.91 Å². The van der Waals surface area contributed by atoms with Crippen LogP contribution in [0.5, 0.6) is 0 Å². The topological polar surface area (TPSA) is 71.0 Å². The van der Waals surface area contributed by atoms with E-state index in [-0.39, 0.29) is 11.6 Å². The molecule has 0 spiro atoms. The van der Waals surface area contributed by atoms with Gasteiger partial charge in [0, 0.05) is 18.0 Å². The molecule has 1 N–H and O–H groups in total. The van der Waals surface area contributed by atoms with Crippen LogP contribution >= 0.6 is 11.8 Å². The molecule has 1 unspecified atom stereocenters. The number of nitrogens with one attached hydrogen (secondary N) is 1. The van der Waals surface area contributed by atoms with Crippen LogP contribution in [0.15, 0.2) is 64.8 Å². The molecule has 31 heavy (non-hydrogen) atoms. The van der Waals surface area contributed by atoms with Gasteiger partial charge >= 0.3 is 5.97 Å². The van der Waals surface area contributed by atoms with Crippen molar-refractivity contribution in [1.82, 2.24) is 4.90 Å². The summed E-state index contributed by atoms with van der Waals surface area (Å²) in [5.74, 6) is -0.505. The van der Waals surface area contributed by atoms with Gasteiger partial charge in [0.15, 0.2) is 5.17 Å². The third-order valence-corrected chi connectivity index (χ3v) is 6.34. The minimum absolute atomic E-state index is 0.0170. The molecule has 2 aliphatic rings. The molecule has 160 valence electrons. The highest BCUT2D eigenvalue weighted by Gasteiger charge is 2.37. The highest BCUT2D eigenvalue weighted by Crippen LogP contribution is 2.40. The van der Waals surface area contributed by atoms with E-state index in [9.17, 15) is 14.0 Å². The quantitative estimate of drug-likeness (QED) is 0.716. The van der Waals surface area contributed by atoms with E-state index < -0.39 is 17.7 Å². The number of benzene rings is 2. The lowest BCUT2D eigenvalue weighted by Gasteiger charge is -2.40. The van der Waals surface area contributed by atoms with Crippen LogP contribution in [0.1, 0.15) is 35.3 Å². The number of fused-ring (bicyclic) bond motifs is 1. The van der Waals surface area contributed by atoms with Crippen molar-refractivity contribution in [2.45, 2.75) is 19.4 Å². The molecule has 2 aromatic carbocycles. The number of rotatable bonds is 4. The number of hydrogen-bond donors (Lipinski definition) is 1. The number of amidine groups is 1. The van der Waals surface area contributed by atoms with Crippen LogP contribution < -0.4 is 5.32 Å². The smallest absolute Gasteiger partial charge is 0.338 e. The maximum absolute atomic E-state index is 13.9. The van der Waals surface area contributed by atoms with Crippen LogP contribution in [0.3, 0.4) is 0 Å². The summed E-state index contributed by atoms with van der Waals surface area (Å²) >= 11 is 1.68. The van der Waals surface area contributed by atoms with Crippen LogP contribution in [0.4, 0.5) is 10.1 Å². The average Bonchev–Trinajstić information content (AvgIpc) is 2.78. The van der Waals surface area contributed by atoms with Crippen molar-refractivity contribution < 1.29 is 18.7 Å². The first-order valence-electron chi connectivity index (χ1n) is 9.92. The Balaban J connectivity index is 1.62. The Kier molecular flexibility index (Phi) is 6.08. The number of aliphatic imine (C=N–C) groups is 1. The SMILES string of the molecule is COC(=O)C1=C(C)N=C2SCCCN2C1c1ccc(NC(=O)c2ccccc2F)cc1. The predicted octanol–water partition coefficient (Wildman–Crippen LogP) is 4.37. The molecule has 0 aliphatic carbocycles. The molecule has 4 rings (SSSR count). The first kappa shape index (κ1) is 21.1. The highest BCUT2D eigenvalue weighted by atomic mass is 32.2. The van der Waals surface area contributed by atoms with Crippen LogP contribution in [0.2, 0.25) is 0 Å². The molecule has 2 aliphatic heterocycles. The second-order valence-electron chi connectivity index (χ2n) is 7.24. The minimum atomic E-state index is -0.573. The van der Waals surface area contributed by atoms with E-state index in [0.717, 1.165) is 29.4 Å². The van der Waals surface area contributed by atoms with Gasteiger partial charge < -0.3 is 15.0 Å². The van der Waals surface area contributed by atoms with Crippen molar-refractivity contribution in [3.8, 4) is 0 Å². The van der Waals surface area contributed by atoms with E-state index in [2.05, 4.69) is 15.2 Å². The van der Waals surface area contributed by atoms with E-state index in [1.165, 1.54) is 25.3 Å². The van der Waals surface area contributed by atoms with Crippen molar-refractivity contribution >= 4 is 34.5 Å². The molecule has 0 radical (unpaired) electrons. The molecule has 6 nitrogen and oxygen atoms in total. The first-order valence-corrected chi connectivity index (χ1v) is 10.9. The molecule has 1 fully saturated rings. The summed E-state index contributed by atoms with van der Waals surface area (Å²) in [6, 6.07) is 12.7. The normalized spacial score (nSPS) is 18.2. The Morgan fingerprint density at radius 1 is 1.19 bits per heavy atom. The maximum Gasteiger partial charge on any atom is 0.338 e. The lowest BCUT2D eigenvalue weighted by atomic mass is 9.94. The number of esters is 1. The second-order valence-corrected chi connectivity index (χ2v) is 8.30. The summed E-state index contributed by atoms with van der Waals surface area (Å²) < 4.78 is 18.9. The molecule has 0 aromatic heterocycles. The van der Waals surface area contributed by atoms with Gasteiger partial charge in [-0.25, -0.2) is 14.2 Å². The van der Waals surface area contributed by atoms with Crippen LogP contribution in [-0.2, 0) is 9.53 Å². The summed E-state index contributed by atoms with van der Waals surface area (Å²) in [5, 5.41) is 3.62. The van der Waals surface area contributed by atoms with E-state index >= 15 is 0 Å². The van der Waals surface area contributed by atoms with E-state index in [1.807, 2.05) is 19.1 Å². The van der Waals surface area contributed by atoms with Gasteiger partial charge in [-0.05, 0) is 43.2 Å². The summed E-state index contributed by atoms with van der Waals surface area (Å²) in [6.07, 6.45) is 0.991. The number of ether oxygens (including phenoxy) is 1. The maximum atomic E-state index is 13.9. The monoisotopic (exact) mass is 439 g/mol. The van der Waals surface area contributed by atoms with Crippen molar-refractivity contribution in [2.75, 3.05) is 24.7 Å². The lowest BCUT2D eigenvalue weighted by molar-refractivity contribution is -0.136. The molecule has 0 bridgehead atoms. The van der Waals surface area contributed by atoms with Gasteiger partial charge in [0.1, 0.15) is 5.82 Å². The fourth-order valence-corrected chi connectivity index (χ4v) is 4.80. The van der Waals surface area contributed by atoms with E-state index in [0.29, 0.717) is 17.0 Å². The van der Waals surface area contributed by atoms with Crippen molar-refractivity contribution in [3.63, 3.8) is 0 Å². The van der Waals surface area contributed by atoms with E-state index in [4.69, 9.17) is 4.74 Å². The third-order valence-electron chi connectivity index (χ3n) is 5.27. The van der Waals surface area contributed by atoms with Gasteiger partial charge in [-0.1, -0.05) is 36.0 Å². The van der Waals surface area contributed by atoms with Gasteiger partial charge in [0.2, 0.25) is 0 Å². The van der Waals surface area contributed by atoms with Gasteiger partial charge in [-0.2, -0.15) is 0 Å². The minimum Gasteiger partial charge on any atom is -0.466 e. The standard InChI is InChI=1S/C23H22FN3O3S/c1-14-19(22(29)30-2)20(27-12-5-13-31-23(27)25-14)15-8-10-16(11-9-15)26-21(28)17-6-3-4-7-18(17)24/h3-4,6-11,20H,5,12-13H2,1-2H3,(H,26,28). The average molecular weight is 440 g/mol. The third kappa shape index (κ3) is 4.20. The predicted molar refractivity (Wildman–Crippen MR) is 119 cm³/mol. The molecule has 2 aromatic rings. The van der Waals surface area contributed by atoms with Crippen LogP contribution in [0, 0.1) is 5.82 Å². The Morgan fingerprint density at radius 2 is 1.94 bits per heavy atom. The van der Waals surface area contributed by atoms with E-state index in [1.54, 1.807) is 30.0 Å². The Labute approximate surface area is 184 Å². The summed E-state index contributed by atoms with van der Waals surface area (Å²) in [7, 11) is 1.37. The number of hydrogen-bond acceptors (Lipinski definition) is 6. The number of carbonyl (C=O) groups excluding carboxylic acids is 2. The van der Waals surface area contributed by atoms with Crippen LogP contribution in [-0.4, -0.2) is 41.4 Å². The molecule has 2 heterocycles. The zero-order valence-corrected chi connectivity index (χ0v) is 18.0. The number of nitrogens with zero attached hydrogens (tertiary/aromatic N) is 2. The number of amides is 1. The zero-order chi connectivity index (χ0) is 22.0. The van der Waals surface area contributed by atoms with Crippen molar-refractivity contribution in [2.24, 2.45) is 4.99 Å². The number of methoxy groups -OCH3 is 1. The molecule has 8 heteroatoms. The highest BCUT2D eigenvalue weighted by molar-refractivity contribution is 8.13.